The largest absolute Gasteiger partial charge is 0.390 e. The van der Waals surface area contributed by atoms with Crippen LogP contribution in [0.3, 0.4) is 0 Å². The first-order valence-corrected chi connectivity index (χ1v) is 8.80. The highest BCUT2D eigenvalue weighted by Gasteiger charge is 2.28. The summed E-state index contributed by atoms with van der Waals surface area (Å²) in [5.41, 5.74) is 0. The van der Waals surface area contributed by atoms with Gasteiger partial charge in [0, 0.05) is 32.7 Å². The molecule has 0 aromatic carbocycles. The van der Waals surface area contributed by atoms with E-state index < -0.39 is 22.6 Å². The van der Waals surface area contributed by atoms with Crippen LogP contribution in [0.1, 0.15) is 26.2 Å². The molecular formula is C12H24F3IN4O2S. The van der Waals surface area contributed by atoms with Crippen LogP contribution < -0.4 is 10.6 Å². The molecule has 1 aliphatic rings. The molecule has 1 saturated heterocycles. The predicted octanol–water partition coefficient (Wildman–Crippen LogP) is 1.54. The molecule has 1 aliphatic heterocycles. The molecule has 23 heavy (non-hydrogen) atoms. The molecule has 0 radical (unpaired) electrons. The van der Waals surface area contributed by atoms with Crippen molar-refractivity contribution < 1.29 is 21.6 Å². The Labute approximate surface area is 152 Å². The minimum Gasteiger partial charge on any atom is -0.356 e. The van der Waals surface area contributed by atoms with Gasteiger partial charge in [0.2, 0.25) is 10.0 Å². The monoisotopic (exact) mass is 472 g/mol. The van der Waals surface area contributed by atoms with Crippen LogP contribution >= 0.6 is 24.0 Å². The van der Waals surface area contributed by atoms with Gasteiger partial charge >= 0.3 is 6.18 Å². The maximum Gasteiger partial charge on any atom is 0.390 e. The Morgan fingerprint density at radius 1 is 1.30 bits per heavy atom. The Morgan fingerprint density at radius 2 is 1.87 bits per heavy atom. The number of guanidine groups is 1. The lowest BCUT2D eigenvalue weighted by atomic mass is 10.1. The first kappa shape index (κ1) is 22.7. The zero-order valence-electron chi connectivity index (χ0n) is 13.2. The molecule has 6 nitrogen and oxygen atoms in total. The molecule has 0 amide bonds. The highest BCUT2D eigenvalue weighted by Crippen LogP contribution is 2.18. The standard InChI is InChI=1S/C12H23F3N4O2S.HI/c1-3-22(20,21)19-8-4-10(5-9-19)18-11(16-2)17-7-6-12(13,14)15;/h10H,3-9H2,1-2H3,(H2,16,17,18);1H. The van der Waals surface area contributed by atoms with Crippen LogP contribution in [0.2, 0.25) is 0 Å². The first-order valence-electron chi connectivity index (χ1n) is 7.19. The lowest BCUT2D eigenvalue weighted by Crippen LogP contribution is -2.50. The molecule has 0 aromatic rings. The molecular weight excluding hydrogens is 448 g/mol. The molecule has 0 saturated carbocycles. The van der Waals surface area contributed by atoms with Gasteiger partial charge in [-0.05, 0) is 19.8 Å². The Morgan fingerprint density at radius 3 is 2.30 bits per heavy atom. The van der Waals surface area contributed by atoms with E-state index in [1.807, 2.05) is 0 Å². The number of rotatable bonds is 5. The minimum absolute atomic E-state index is 0. The van der Waals surface area contributed by atoms with Crippen LogP contribution in [0.15, 0.2) is 4.99 Å². The van der Waals surface area contributed by atoms with Gasteiger partial charge in [-0.15, -0.1) is 24.0 Å². The van der Waals surface area contributed by atoms with E-state index in [2.05, 4.69) is 15.6 Å². The highest BCUT2D eigenvalue weighted by atomic mass is 127. The average Bonchev–Trinajstić information content (AvgIpc) is 2.45. The van der Waals surface area contributed by atoms with Crippen LogP contribution in [0.5, 0.6) is 0 Å². The van der Waals surface area contributed by atoms with Crippen molar-refractivity contribution in [3.05, 3.63) is 0 Å². The molecule has 0 aromatic heterocycles. The lowest BCUT2D eigenvalue weighted by molar-refractivity contribution is -0.132. The zero-order chi connectivity index (χ0) is 16.8. The predicted molar refractivity (Wildman–Crippen MR) is 94.6 cm³/mol. The molecule has 1 rings (SSSR count). The Bertz CT molecular complexity index is 477. The van der Waals surface area contributed by atoms with Gasteiger partial charge in [-0.2, -0.15) is 13.2 Å². The number of halogens is 4. The second kappa shape index (κ2) is 9.87. The van der Waals surface area contributed by atoms with Crippen molar-refractivity contribution in [2.24, 2.45) is 4.99 Å². The Kier molecular flexibility index (Phi) is 9.74. The van der Waals surface area contributed by atoms with Crippen LogP contribution in [0.4, 0.5) is 13.2 Å². The van der Waals surface area contributed by atoms with E-state index >= 15 is 0 Å². The number of hydrogen-bond donors (Lipinski definition) is 2. The lowest BCUT2D eigenvalue weighted by Gasteiger charge is -2.32. The number of sulfonamides is 1. The normalized spacial score (nSPS) is 18.4. The molecule has 0 aliphatic carbocycles. The molecule has 0 atom stereocenters. The first-order chi connectivity index (χ1) is 10.2. The van der Waals surface area contributed by atoms with Gasteiger partial charge in [0.1, 0.15) is 0 Å². The third-order valence-corrected chi connectivity index (χ3v) is 5.36. The number of piperidine rings is 1. The molecule has 1 heterocycles. The van der Waals surface area contributed by atoms with E-state index in [0.29, 0.717) is 31.9 Å². The van der Waals surface area contributed by atoms with Gasteiger partial charge in [0.15, 0.2) is 5.96 Å². The second-order valence-corrected chi connectivity index (χ2v) is 7.34. The van der Waals surface area contributed by atoms with Crippen molar-refractivity contribution in [1.82, 2.24) is 14.9 Å². The fourth-order valence-electron chi connectivity index (χ4n) is 2.17. The van der Waals surface area contributed by atoms with Gasteiger partial charge in [0.05, 0.1) is 12.2 Å². The SMILES string of the molecule is CCS(=O)(=O)N1CCC(NC(=NC)NCCC(F)(F)F)CC1.I. The average molecular weight is 472 g/mol. The van der Waals surface area contributed by atoms with Crippen molar-refractivity contribution in [1.29, 1.82) is 0 Å². The molecule has 0 unspecified atom stereocenters. The van der Waals surface area contributed by atoms with Crippen molar-refractivity contribution >= 4 is 40.0 Å². The summed E-state index contributed by atoms with van der Waals surface area (Å²) in [4.78, 5) is 3.88. The number of alkyl halides is 3. The summed E-state index contributed by atoms with van der Waals surface area (Å²) in [6.45, 7) is 2.18. The maximum absolute atomic E-state index is 12.1. The molecule has 2 N–H and O–H groups in total. The Balaban J connectivity index is 0.00000484. The molecule has 138 valence electrons. The summed E-state index contributed by atoms with van der Waals surface area (Å²) >= 11 is 0. The summed E-state index contributed by atoms with van der Waals surface area (Å²) in [7, 11) is -1.69. The summed E-state index contributed by atoms with van der Waals surface area (Å²) in [5, 5.41) is 5.64. The van der Waals surface area contributed by atoms with Crippen molar-refractivity contribution in [2.45, 2.75) is 38.4 Å². The highest BCUT2D eigenvalue weighted by molar-refractivity contribution is 14.0. The van der Waals surface area contributed by atoms with E-state index in [1.165, 1.54) is 11.4 Å². The minimum atomic E-state index is -4.20. The van der Waals surface area contributed by atoms with Crippen molar-refractivity contribution in [3.63, 3.8) is 0 Å². The van der Waals surface area contributed by atoms with Crippen LogP contribution in [0.25, 0.3) is 0 Å². The van der Waals surface area contributed by atoms with Crippen LogP contribution in [-0.4, -0.2) is 63.3 Å². The van der Waals surface area contributed by atoms with Gasteiger partial charge in [0.25, 0.3) is 0 Å². The molecule has 0 bridgehead atoms. The zero-order valence-corrected chi connectivity index (χ0v) is 16.3. The fraction of sp³-hybridized carbons (Fsp3) is 0.917. The molecule has 1 fully saturated rings. The molecule has 0 spiro atoms. The smallest absolute Gasteiger partial charge is 0.356 e. The van der Waals surface area contributed by atoms with E-state index in [0.717, 1.165) is 0 Å². The van der Waals surface area contributed by atoms with E-state index in [4.69, 9.17) is 0 Å². The third kappa shape index (κ3) is 8.38. The molecule has 11 heteroatoms. The quantitative estimate of drug-likeness (QED) is 0.362. The van der Waals surface area contributed by atoms with Gasteiger partial charge in [-0.25, -0.2) is 12.7 Å². The van der Waals surface area contributed by atoms with E-state index in [1.54, 1.807) is 6.92 Å². The van der Waals surface area contributed by atoms with E-state index in [-0.39, 0.29) is 42.3 Å². The Hall–Kier alpha value is -0.300. The fourth-order valence-corrected chi connectivity index (χ4v) is 3.30. The van der Waals surface area contributed by atoms with Crippen molar-refractivity contribution in [3.8, 4) is 0 Å². The van der Waals surface area contributed by atoms with Gasteiger partial charge in [-0.1, -0.05) is 0 Å². The van der Waals surface area contributed by atoms with Crippen LogP contribution in [-0.2, 0) is 10.0 Å². The van der Waals surface area contributed by atoms with E-state index in [9.17, 15) is 21.6 Å². The van der Waals surface area contributed by atoms with Crippen molar-refractivity contribution in [2.75, 3.05) is 32.4 Å². The van der Waals surface area contributed by atoms with Gasteiger partial charge in [-0.3, -0.25) is 4.99 Å². The number of hydrogen-bond acceptors (Lipinski definition) is 3. The van der Waals surface area contributed by atoms with Gasteiger partial charge < -0.3 is 10.6 Å². The van der Waals surface area contributed by atoms with Crippen LogP contribution in [0, 0.1) is 0 Å². The number of nitrogens with one attached hydrogen (secondary N) is 2. The summed E-state index contributed by atoms with van der Waals surface area (Å²) in [5.74, 6) is 0.382. The number of aliphatic imine (C=N–C) groups is 1. The topological polar surface area (TPSA) is 73.8 Å². The summed E-state index contributed by atoms with van der Waals surface area (Å²) in [6.07, 6.45) is -3.94. The third-order valence-electron chi connectivity index (χ3n) is 3.48. The maximum atomic E-state index is 12.1. The summed E-state index contributed by atoms with van der Waals surface area (Å²) in [6, 6.07) is 0.000364. The summed E-state index contributed by atoms with van der Waals surface area (Å²) < 4.78 is 61.2. The second-order valence-electron chi connectivity index (χ2n) is 5.08. The number of nitrogens with zero attached hydrogens (tertiary/aromatic N) is 2.